The minimum atomic E-state index is 0.0129. The summed E-state index contributed by atoms with van der Waals surface area (Å²) in [7, 11) is 1.65. The molecule has 1 N–H and O–H groups in total. The summed E-state index contributed by atoms with van der Waals surface area (Å²) in [6.07, 6.45) is 2.04. The summed E-state index contributed by atoms with van der Waals surface area (Å²) in [5.41, 5.74) is 0. The Kier molecular flexibility index (Phi) is 3.83. The Morgan fingerprint density at radius 2 is 2.18 bits per heavy atom. The fraction of sp³-hybridized carbons (Fsp3) is 1.00. The molecule has 1 fully saturated rings. The molecule has 1 atom stereocenters. The van der Waals surface area contributed by atoms with Crippen molar-refractivity contribution in [1.82, 2.24) is 0 Å². The second-order valence-corrected chi connectivity index (χ2v) is 2.91. The van der Waals surface area contributed by atoms with Gasteiger partial charge in [0.1, 0.15) is 0 Å². The zero-order valence-electron chi connectivity index (χ0n) is 6.95. The number of methoxy groups -OCH3 is 1. The molecule has 66 valence electrons. The predicted octanol–water partition coefficient (Wildman–Crippen LogP) is 0.420. The van der Waals surface area contributed by atoms with E-state index in [1.165, 1.54) is 0 Å². The van der Waals surface area contributed by atoms with Gasteiger partial charge in [-0.05, 0) is 18.8 Å². The molecule has 0 aliphatic carbocycles. The number of hydrogen-bond acceptors (Lipinski definition) is 3. The first-order valence-corrected chi connectivity index (χ1v) is 4.10. The number of aliphatic hydroxyl groups is 1. The SMILES string of the molecule is CO[C@@H](CO)C1CCOCC1. The number of rotatable bonds is 3. The zero-order valence-corrected chi connectivity index (χ0v) is 6.95. The van der Waals surface area contributed by atoms with Crippen LogP contribution >= 0.6 is 0 Å². The van der Waals surface area contributed by atoms with Crippen LogP contribution in [0.3, 0.4) is 0 Å². The van der Waals surface area contributed by atoms with Crippen LogP contribution in [-0.2, 0) is 9.47 Å². The molecule has 1 rings (SSSR count). The van der Waals surface area contributed by atoms with Gasteiger partial charge >= 0.3 is 0 Å². The highest BCUT2D eigenvalue weighted by Crippen LogP contribution is 2.20. The van der Waals surface area contributed by atoms with Gasteiger partial charge in [0, 0.05) is 20.3 Å². The predicted molar refractivity (Wildman–Crippen MR) is 41.4 cm³/mol. The fourth-order valence-electron chi connectivity index (χ4n) is 1.50. The van der Waals surface area contributed by atoms with Gasteiger partial charge in [-0.1, -0.05) is 0 Å². The van der Waals surface area contributed by atoms with Crippen LogP contribution in [-0.4, -0.2) is 38.1 Å². The molecule has 11 heavy (non-hydrogen) atoms. The van der Waals surface area contributed by atoms with Crippen molar-refractivity contribution in [2.75, 3.05) is 26.9 Å². The van der Waals surface area contributed by atoms with Gasteiger partial charge in [-0.15, -0.1) is 0 Å². The van der Waals surface area contributed by atoms with E-state index in [9.17, 15) is 0 Å². The summed E-state index contributed by atoms with van der Waals surface area (Å²) in [6.45, 7) is 1.75. The van der Waals surface area contributed by atoms with E-state index in [1.54, 1.807) is 7.11 Å². The van der Waals surface area contributed by atoms with Gasteiger partial charge in [0.15, 0.2) is 0 Å². The van der Waals surface area contributed by atoms with Crippen LogP contribution in [0.4, 0.5) is 0 Å². The third kappa shape index (κ3) is 2.43. The Morgan fingerprint density at radius 1 is 1.55 bits per heavy atom. The van der Waals surface area contributed by atoms with Gasteiger partial charge in [-0.2, -0.15) is 0 Å². The Morgan fingerprint density at radius 3 is 2.64 bits per heavy atom. The van der Waals surface area contributed by atoms with E-state index >= 15 is 0 Å². The van der Waals surface area contributed by atoms with Crippen molar-refractivity contribution in [1.29, 1.82) is 0 Å². The first kappa shape index (κ1) is 8.97. The number of ether oxygens (including phenoxy) is 2. The summed E-state index contributed by atoms with van der Waals surface area (Å²) in [5, 5.41) is 8.91. The second kappa shape index (κ2) is 4.70. The van der Waals surface area contributed by atoms with Gasteiger partial charge in [0.2, 0.25) is 0 Å². The average Bonchev–Trinajstić information content (AvgIpc) is 2.09. The lowest BCUT2D eigenvalue weighted by Crippen LogP contribution is -2.31. The molecule has 0 aromatic rings. The highest BCUT2D eigenvalue weighted by Gasteiger charge is 2.22. The molecule has 0 aromatic carbocycles. The standard InChI is InChI=1S/C8H16O3/c1-10-8(6-9)7-2-4-11-5-3-7/h7-9H,2-6H2,1H3/t8-/m0/s1. The summed E-state index contributed by atoms with van der Waals surface area (Å²) < 4.78 is 10.3. The first-order chi connectivity index (χ1) is 5.38. The quantitative estimate of drug-likeness (QED) is 0.650. The third-order valence-electron chi connectivity index (χ3n) is 2.27. The van der Waals surface area contributed by atoms with Crippen molar-refractivity contribution in [3.8, 4) is 0 Å². The molecule has 0 aromatic heterocycles. The molecule has 1 saturated heterocycles. The van der Waals surface area contributed by atoms with E-state index in [-0.39, 0.29) is 12.7 Å². The van der Waals surface area contributed by atoms with E-state index in [4.69, 9.17) is 14.6 Å². The van der Waals surface area contributed by atoms with Crippen LogP contribution in [0.2, 0.25) is 0 Å². The topological polar surface area (TPSA) is 38.7 Å². The van der Waals surface area contributed by atoms with Crippen LogP contribution in [0.25, 0.3) is 0 Å². The van der Waals surface area contributed by atoms with Crippen molar-refractivity contribution >= 4 is 0 Å². The monoisotopic (exact) mass is 160 g/mol. The highest BCUT2D eigenvalue weighted by molar-refractivity contribution is 4.71. The summed E-state index contributed by atoms with van der Waals surface area (Å²) in [6, 6.07) is 0. The van der Waals surface area contributed by atoms with E-state index in [2.05, 4.69) is 0 Å². The van der Waals surface area contributed by atoms with Gasteiger partial charge in [0.05, 0.1) is 12.7 Å². The summed E-state index contributed by atoms with van der Waals surface area (Å²) in [5.74, 6) is 0.485. The largest absolute Gasteiger partial charge is 0.394 e. The number of aliphatic hydroxyl groups excluding tert-OH is 1. The molecule has 1 aliphatic heterocycles. The van der Waals surface area contributed by atoms with Crippen molar-refractivity contribution < 1.29 is 14.6 Å². The maximum atomic E-state index is 8.91. The lowest BCUT2D eigenvalue weighted by molar-refractivity contribution is -0.0368. The fourth-order valence-corrected chi connectivity index (χ4v) is 1.50. The molecule has 0 saturated carbocycles. The molecule has 1 aliphatic rings. The molecule has 3 heteroatoms. The minimum Gasteiger partial charge on any atom is -0.394 e. The van der Waals surface area contributed by atoms with Crippen molar-refractivity contribution in [2.24, 2.45) is 5.92 Å². The van der Waals surface area contributed by atoms with Crippen LogP contribution in [0, 0.1) is 5.92 Å². The van der Waals surface area contributed by atoms with Gasteiger partial charge in [0.25, 0.3) is 0 Å². The third-order valence-corrected chi connectivity index (χ3v) is 2.27. The molecule has 0 spiro atoms. The van der Waals surface area contributed by atoms with Crippen molar-refractivity contribution in [3.05, 3.63) is 0 Å². The summed E-state index contributed by atoms with van der Waals surface area (Å²) >= 11 is 0. The molecular formula is C8H16O3. The Hall–Kier alpha value is -0.120. The minimum absolute atomic E-state index is 0.0129. The lowest BCUT2D eigenvalue weighted by atomic mass is 9.94. The molecule has 0 unspecified atom stereocenters. The van der Waals surface area contributed by atoms with Crippen LogP contribution in [0.1, 0.15) is 12.8 Å². The Bertz CT molecular complexity index is 95.5. The van der Waals surface area contributed by atoms with Crippen LogP contribution < -0.4 is 0 Å². The van der Waals surface area contributed by atoms with Crippen LogP contribution in [0.5, 0.6) is 0 Å². The lowest BCUT2D eigenvalue weighted by Gasteiger charge is -2.27. The van der Waals surface area contributed by atoms with Crippen molar-refractivity contribution in [2.45, 2.75) is 18.9 Å². The normalized spacial score (nSPS) is 23.5. The summed E-state index contributed by atoms with van der Waals surface area (Å²) in [4.78, 5) is 0. The molecule has 3 nitrogen and oxygen atoms in total. The Labute approximate surface area is 67.3 Å². The smallest absolute Gasteiger partial charge is 0.0831 e. The number of hydrogen-bond donors (Lipinski definition) is 1. The van der Waals surface area contributed by atoms with E-state index in [0.29, 0.717) is 5.92 Å². The van der Waals surface area contributed by atoms with E-state index in [0.717, 1.165) is 26.1 Å². The second-order valence-electron chi connectivity index (χ2n) is 2.91. The van der Waals surface area contributed by atoms with Gasteiger partial charge < -0.3 is 14.6 Å². The zero-order chi connectivity index (χ0) is 8.10. The maximum absolute atomic E-state index is 8.91. The van der Waals surface area contributed by atoms with E-state index in [1.807, 2.05) is 0 Å². The molecule has 0 amide bonds. The average molecular weight is 160 g/mol. The molecule has 0 radical (unpaired) electrons. The van der Waals surface area contributed by atoms with Crippen molar-refractivity contribution in [3.63, 3.8) is 0 Å². The van der Waals surface area contributed by atoms with Crippen LogP contribution in [0.15, 0.2) is 0 Å². The van der Waals surface area contributed by atoms with E-state index < -0.39 is 0 Å². The molecule has 1 heterocycles. The first-order valence-electron chi connectivity index (χ1n) is 4.10. The Balaban J connectivity index is 2.30. The van der Waals surface area contributed by atoms with Gasteiger partial charge in [-0.25, -0.2) is 0 Å². The molecular weight excluding hydrogens is 144 g/mol. The van der Waals surface area contributed by atoms with Gasteiger partial charge in [-0.3, -0.25) is 0 Å². The highest BCUT2D eigenvalue weighted by atomic mass is 16.5. The molecule has 0 bridgehead atoms. The maximum Gasteiger partial charge on any atom is 0.0831 e.